The van der Waals surface area contributed by atoms with Crippen molar-refractivity contribution in [2.75, 3.05) is 6.54 Å². The molecular weight excluding hydrogens is 410 g/mol. The zero-order chi connectivity index (χ0) is 22.1. The SMILES string of the molecule is CCNC(=NCc1cccc(C(=O)NCc2ccco2)c1)NCc1nc(C(C)C)cs1. The molecule has 3 aromatic rings. The highest BCUT2D eigenvalue weighted by molar-refractivity contribution is 7.09. The number of guanidine groups is 1. The third-order valence-electron chi connectivity index (χ3n) is 4.52. The molecule has 1 amide bonds. The second-order valence-corrected chi connectivity index (χ2v) is 8.27. The fourth-order valence-electron chi connectivity index (χ4n) is 2.84. The molecule has 1 aromatic carbocycles. The van der Waals surface area contributed by atoms with Gasteiger partial charge in [-0.1, -0.05) is 26.0 Å². The molecule has 2 heterocycles. The van der Waals surface area contributed by atoms with Crippen LogP contribution in [0.25, 0.3) is 0 Å². The minimum atomic E-state index is -0.142. The summed E-state index contributed by atoms with van der Waals surface area (Å²) in [6, 6.07) is 11.1. The Bertz CT molecular complexity index is 995. The summed E-state index contributed by atoms with van der Waals surface area (Å²) in [5.41, 5.74) is 2.67. The highest BCUT2D eigenvalue weighted by atomic mass is 32.1. The van der Waals surface area contributed by atoms with Crippen LogP contribution in [0.2, 0.25) is 0 Å². The maximum atomic E-state index is 12.4. The first kappa shape index (κ1) is 22.6. The number of amides is 1. The summed E-state index contributed by atoms with van der Waals surface area (Å²) >= 11 is 1.65. The molecule has 0 aliphatic heterocycles. The van der Waals surface area contributed by atoms with Gasteiger partial charge in [-0.2, -0.15) is 0 Å². The van der Waals surface area contributed by atoms with E-state index in [2.05, 4.69) is 45.2 Å². The Labute approximate surface area is 187 Å². The van der Waals surface area contributed by atoms with E-state index in [1.807, 2.05) is 31.2 Å². The van der Waals surface area contributed by atoms with Gasteiger partial charge in [0.2, 0.25) is 0 Å². The molecular formula is C23H29N5O2S. The van der Waals surface area contributed by atoms with Gasteiger partial charge in [-0.05, 0) is 42.7 Å². The van der Waals surface area contributed by atoms with E-state index in [-0.39, 0.29) is 5.91 Å². The highest BCUT2D eigenvalue weighted by Crippen LogP contribution is 2.17. The Morgan fingerprint density at radius 2 is 2.03 bits per heavy atom. The second kappa shape index (κ2) is 11.3. The van der Waals surface area contributed by atoms with E-state index in [1.165, 1.54) is 0 Å². The summed E-state index contributed by atoms with van der Waals surface area (Å²) in [5, 5.41) is 12.6. The number of benzene rings is 1. The summed E-state index contributed by atoms with van der Waals surface area (Å²) in [4.78, 5) is 21.7. The molecule has 2 aromatic heterocycles. The average Bonchev–Trinajstić information content (AvgIpc) is 3.46. The fraction of sp³-hybridized carbons (Fsp3) is 0.348. The van der Waals surface area contributed by atoms with Crippen LogP contribution in [-0.4, -0.2) is 23.4 Å². The molecule has 164 valence electrons. The van der Waals surface area contributed by atoms with Crippen LogP contribution >= 0.6 is 11.3 Å². The van der Waals surface area contributed by atoms with E-state index in [0.717, 1.165) is 34.5 Å². The molecule has 0 aliphatic carbocycles. The maximum Gasteiger partial charge on any atom is 0.251 e. The zero-order valence-electron chi connectivity index (χ0n) is 18.1. The minimum absolute atomic E-state index is 0.142. The smallest absolute Gasteiger partial charge is 0.251 e. The maximum absolute atomic E-state index is 12.4. The number of furan rings is 1. The monoisotopic (exact) mass is 439 g/mol. The van der Waals surface area contributed by atoms with Gasteiger partial charge < -0.3 is 20.4 Å². The first-order valence-corrected chi connectivity index (χ1v) is 11.3. The van der Waals surface area contributed by atoms with E-state index >= 15 is 0 Å². The summed E-state index contributed by atoms with van der Waals surface area (Å²) in [5.74, 6) is 1.72. The number of aromatic nitrogens is 1. The van der Waals surface area contributed by atoms with Crippen LogP contribution in [-0.2, 0) is 19.6 Å². The number of aliphatic imine (C=N–C) groups is 1. The van der Waals surface area contributed by atoms with Crippen LogP contribution < -0.4 is 16.0 Å². The van der Waals surface area contributed by atoms with Gasteiger partial charge in [-0.15, -0.1) is 11.3 Å². The van der Waals surface area contributed by atoms with Crippen LogP contribution in [0.3, 0.4) is 0 Å². The number of rotatable bonds is 9. The molecule has 0 aliphatic rings. The van der Waals surface area contributed by atoms with Gasteiger partial charge >= 0.3 is 0 Å². The van der Waals surface area contributed by atoms with Gasteiger partial charge in [0, 0.05) is 17.5 Å². The topological polar surface area (TPSA) is 91.5 Å². The molecule has 0 atom stereocenters. The third kappa shape index (κ3) is 6.96. The van der Waals surface area contributed by atoms with Crippen molar-refractivity contribution in [1.29, 1.82) is 0 Å². The van der Waals surface area contributed by atoms with Crippen LogP contribution in [0.15, 0.2) is 57.5 Å². The Kier molecular flexibility index (Phi) is 8.23. The molecule has 0 saturated heterocycles. The molecule has 0 fully saturated rings. The van der Waals surface area contributed by atoms with E-state index < -0.39 is 0 Å². The van der Waals surface area contributed by atoms with Crippen molar-refractivity contribution in [2.45, 2.75) is 46.3 Å². The predicted octanol–water partition coefficient (Wildman–Crippen LogP) is 4.04. The van der Waals surface area contributed by atoms with Gasteiger partial charge in [0.1, 0.15) is 10.8 Å². The average molecular weight is 440 g/mol. The quantitative estimate of drug-likeness (QED) is 0.346. The molecule has 0 saturated carbocycles. The van der Waals surface area contributed by atoms with Gasteiger partial charge in [0.25, 0.3) is 5.91 Å². The zero-order valence-corrected chi connectivity index (χ0v) is 19.0. The van der Waals surface area contributed by atoms with Gasteiger partial charge in [-0.3, -0.25) is 4.79 Å². The Morgan fingerprint density at radius 3 is 2.74 bits per heavy atom. The molecule has 0 spiro atoms. The molecule has 3 rings (SSSR count). The van der Waals surface area contributed by atoms with Crippen molar-refractivity contribution in [3.63, 3.8) is 0 Å². The van der Waals surface area contributed by atoms with Crippen molar-refractivity contribution >= 4 is 23.2 Å². The highest BCUT2D eigenvalue weighted by Gasteiger charge is 2.08. The van der Waals surface area contributed by atoms with Gasteiger partial charge in [-0.25, -0.2) is 9.98 Å². The van der Waals surface area contributed by atoms with Crippen molar-refractivity contribution in [3.05, 3.63) is 75.6 Å². The predicted molar refractivity (Wildman–Crippen MR) is 124 cm³/mol. The van der Waals surface area contributed by atoms with Gasteiger partial charge in [0.05, 0.1) is 31.6 Å². The molecule has 0 bridgehead atoms. The lowest BCUT2D eigenvalue weighted by Crippen LogP contribution is -2.36. The molecule has 3 N–H and O–H groups in total. The van der Waals surface area contributed by atoms with E-state index in [1.54, 1.807) is 29.7 Å². The number of nitrogens with one attached hydrogen (secondary N) is 3. The fourth-order valence-corrected chi connectivity index (χ4v) is 3.73. The third-order valence-corrected chi connectivity index (χ3v) is 5.39. The lowest BCUT2D eigenvalue weighted by atomic mass is 10.1. The number of carbonyl (C=O) groups is 1. The Hall–Kier alpha value is -3.13. The first-order valence-electron chi connectivity index (χ1n) is 10.4. The van der Waals surface area contributed by atoms with Crippen LogP contribution in [0.4, 0.5) is 0 Å². The first-order chi connectivity index (χ1) is 15.0. The number of thiazole rings is 1. The molecule has 8 heteroatoms. The second-order valence-electron chi connectivity index (χ2n) is 7.33. The van der Waals surface area contributed by atoms with Crippen LogP contribution in [0.5, 0.6) is 0 Å². The van der Waals surface area contributed by atoms with Gasteiger partial charge in [0.15, 0.2) is 5.96 Å². The Balaban J connectivity index is 1.58. The standard InChI is InChI=1S/C23H29N5O2S/c1-4-24-23(27-14-21-28-20(15-31-21)16(2)3)26-12-17-7-5-8-18(11-17)22(29)25-13-19-9-6-10-30-19/h5-11,15-16H,4,12-14H2,1-3H3,(H,25,29)(H2,24,26,27). The van der Waals surface area contributed by atoms with Crippen molar-refractivity contribution in [3.8, 4) is 0 Å². The largest absolute Gasteiger partial charge is 0.467 e. The summed E-state index contributed by atoms with van der Waals surface area (Å²) in [7, 11) is 0. The Morgan fingerprint density at radius 1 is 1.16 bits per heavy atom. The number of carbonyl (C=O) groups excluding carboxylic acids is 1. The molecule has 0 unspecified atom stereocenters. The molecule has 7 nitrogen and oxygen atoms in total. The van der Waals surface area contributed by atoms with Crippen molar-refractivity contribution in [1.82, 2.24) is 20.9 Å². The van der Waals surface area contributed by atoms with Crippen molar-refractivity contribution in [2.24, 2.45) is 4.99 Å². The molecule has 0 radical (unpaired) electrons. The summed E-state index contributed by atoms with van der Waals surface area (Å²) < 4.78 is 5.25. The van der Waals surface area contributed by atoms with E-state index in [4.69, 9.17) is 4.42 Å². The minimum Gasteiger partial charge on any atom is -0.467 e. The van der Waals surface area contributed by atoms with Crippen LogP contribution in [0.1, 0.15) is 59.1 Å². The lowest BCUT2D eigenvalue weighted by molar-refractivity contribution is 0.0948. The molecule has 31 heavy (non-hydrogen) atoms. The lowest BCUT2D eigenvalue weighted by Gasteiger charge is -2.10. The van der Waals surface area contributed by atoms with E-state index in [9.17, 15) is 4.79 Å². The number of hydrogen-bond donors (Lipinski definition) is 3. The summed E-state index contributed by atoms with van der Waals surface area (Å²) in [6.07, 6.45) is 1.59. The normalized spacial score (nSPS) is 11.5. The number of nitrogens with zero attached hydrogens (tertiary/aromatic N) is 2. The van der Waals surface area contributed by atoms with Crippen LogP contribution in [0, 0.1) is 0 Å². The number of hydrogen-bond acceptors (Lipinski definition) is 5. The van der Waals surface area contributed by atoms with E-state index in [0.29, 0.717) is 31.1 Å². The van der Waals surface area contributed by atoms with Crippen molar-refractivity contribution < 1.29 is 9.21 Å². The summed E-state index contributed by atoms with van der Waals surface area (Å²) in [6.45, 7) is 8.52.